The molecule has 0 aromatic carbocycles. The quantitative estimate of drug-likeness (QED) is 0.782. The van der Waals surface area contributed by atoms with E-state index in [0.29, 0.717) is 12.5 Å². The Bertz CT molecular complexity index is 630. The maximum atomic E-state index is 10.1. The number of pyridine rings is 1. The third kappa shape index (κ3) is 4.95. The summed E-state index contributed by atoms with van der Waals surface area (Å²) in [5, 5.41) is 10.1. The summed E-state index contributed by atoms with van der Waals surface area (Å²) in [6.45, 7) is 9.67. The predicted molar refractivity (Wildman–Crippen MR) is 97.8 cm³/mol. The van der Waals surface area contributed by atoms with E-state index in [1.807, 2.05) is 32.9 Å². The molecule has 1 N–H and O–H groups in total. The van der Waals surface area contributed by atoms with Crippen LogP contribution in [0.15, 0.2) is 35.9 Å². The molecule has 0 unspecified atom stereocenters. The van der Waals surface area contributed by atoms with E-state index in [1.165, 1.54) is 5.57 Å². The van der Waals surface area contributed by atoms with Crippen LogP contribution in [-0.2, 0) is 4.65 Å². The van der Waals surface area contributed by atoms with Crippen LogP contribution in [0.4, 0.5) is 0 Å². The van der Waals surface area contributed by atoms with E-state index in [9.17, 15) is 5.11 Å². The second kappa shape index (κ2) is 7.54. The summed E-state index contributed by atoms with van der Waals surface area (Å²) >= 11 is 0. The van der Waals surface area contributed by atoms with Crippen molar-refractivity contribution in [2.45, 2.75) is 58.7 Å². The molecule has 1 heterocycles. The Morgan fingerprint density at radius 3 is 2.58 bits per heavy atom. The largest absolute Gasteiger partial charge is 0.473 e. The van der Waals surface area contributed by atoms with Gasteiger partial charge < -0.3 is 14.5 Å². The van der Waals surface area contributed by atoms with Gasteiger partial charge in [-0.2, -0.15) is 0 Å². The molecule has 0 spiro atoms. The van der Waals surface area contributed by atoms with Gasteiger partial charge >= 0.3 is 7.48 Å². The molecule has 1 aliphatic rings. The van der Waals surface area contributed by atoms with Crippen molar-refractivity contribution in [1.82, 2.24) is 4.98 Å². The SMILES string of the molecule is Cc1nc(OCC2=CC=CCC2)ccc1[B]OC(C)(C)C(C)(C)O. The molecule has 1 radical (unpaired) electrons. The fraction of sp³-hybridized carbons (Fsp3) is 0.526. The Balaban J connectivity index is 1.94. The Kier molecular flexibility index (Phi) is 5.89. The highest BCUT2D eigenvalue weighted by atomic mass is 16.5. The molecule has 0 saturated heterocycles. The zero-order chi connectivity index (χ0) is 17.8. The van der Waals surface area contributed by atoms with Crippen LogP contribution in [0.5, 0.6) is 5.88 Å². The Labute approximate surface area is 145 Å². The predicted octanol–water partition coefficient (Wildman–Crippen LogP) is 2.86. The van der Waals surface area contributed by atoms with Crippen LogP contribution >= 0.6 is 0 Å². The number of hydrogen-bond donors (Lipinski definition) is 1. The van der Waals surface area contributed by atoms with Gasteiger partial charge in [-0.1, -0.05) is 24.3 Å². The number of aliphatic hydroxyl groups is 1. The van der Waals surface area contributed by atoms with Crippen LogP contribution in [0, 0.1) is 6.92 Å². The third-order valence-electron chi connectivity index (χ3n) is 4.56. The summed E-state index contributed by atoms with van der Waals surface area (Å²) in [7, 11) is 1.65. The standard InChI is InChI=1S/C19H27BNO3/c1-14-16(20-24-19(4,5)18(2,3)22)11-12-17(21-14)23-13-15-9-7-6-8-10-15/h6-7,9,11-12,22H,8,10,13H2,1-5H3. The lowest BCUT2D eigenvalue weighted by Gasteiger charge is -2.37. The minimum absolute atomic E-state index is 0.572. The Hall–Kier alpha value is -1.59. The van der Waals surface area contributed by atoms with Gasteiger partial charge in [-0.3, -0.25) is 0 Å². The number of aryl methyl sites for hydroxylation is 1. The number of allylic oxidation sites excluding steroid dienone is 3. The molecule has 1 aliphatic carbocycles. The van der Waals surface area contributed by atoms with E-state index in [4.69, 9.17) is 9.39 Å². The molecule has 0 atom stereocenters. The molecule has 0 fully saturated rings. The van der Waals surface area contributed by atoms with Crippen LogP contribution in [0.3, 0.4) is 0 Å². The summed E-state index contributed by atoms with van der Waals surface area (Å²) in [4.78, 5) is 4.48. The molecule has 0 saturated carbocycles. The van der Waals surface area contributed by atoms with Gasteiger partial charge in [0, 0.05) is 5.69 Å². The number of ether oxygens (including phenoxy) is 1. The van der Waals surface area contributed by atoms with Crippen LogP contribution in [-0.4, -0.2) is 35.4 Å². The van der Waals surface area contributed by atoms with Crippen LogP contribution in [0.25, 0.3) is 0 Å². The first kappa shape index (κ1) is 18.7. The van der Waals surface area contributed by atoms with Gasteiger partial charge in [-0.15, -0.1) is 0 Å². The molecular weight excluding hydrogens is 301 g/mol. The summed E-state index contributed by atoms with van der Waals surface area (Å²) in [5.74, 6) is 0.613. The van der Waals surface area contributed by atoms with Crippen molar-refractivity contribution < 1.29 is 14.5 Å². The molecule has 129 valence electrons. The molecule has 5 heteroatoms. The van der Waals surface area contributed by atoms with Crippen LogP contribution in [0.1, 0.15) is 46.2 Å². The summed E-state index contributed by atoms with van der Waals surface area (Å²) in [5.41, 5.74) is 1.34. The van der Waals surface area contributed by atoms with Crippen molar-refractivity contribution in [3.05, 3.63) is 41.6 Å². The lowest BCUT2D eigenvalue weighted by molar-refractivity contribution is -0.0893. The van der Waals surface area contributed by atoms with Gasteiger partial charge in [0.15, 0.2) is 0 Å². The highest BCUT2D eigenvalue weighted by Crippen LogP contribution is 2.24. The van der Waals surface area contributed by atoms with Crippen molar-refractivity contribution in [3.8, 4) is 5.88 Å². The minimum atomic E-state index is -0.948. The highest BCUT2D eigenvalue weighted by Gasteiger charge is 2.35. The minimum Gasteiger partial charge on any atom is -0.473 e. The van der Waals surface area contributed by atoms with E-state index in [-0.39, 0.29) is 0 Å². The average molecular weight is 328 g/mol. The van der Waals surface area contributed by atoms with Gasteiger partial charge in [-0.25, -0.2) is 4.98 Å². The second-order valence-electron chi connectivity index (χ2n) is 7.21. The molecule has 2 rings (SSSR count). The van der Waals surface area contributed by atoms with Crippen LogP contribution < -0.4 is 10.2 Å². The van der Waals surface area contributed by atoms with Crippen molar-refractivity contribution >= 4 is 12.9 Å². The fourth-order valence-corrected chi connectivity index (χ4v) is 2.05. The fourth-order valence-electron chi connectivity index (χ4n) is 2.05. The van der Waals surface area contributed by atoms with Gasteiger partial charge in [0.05, 0.1) is 11.2 Å². The monoisotopic (exact) mass is 328 g/mol. The summed E-state index contributed by atoms with van der Waals surface area (Å²) in [6.07, 6.45) is 8.45. The molecule has 24 heavy (non-hydrogen) atoms. The van der Waals surface area contributed by atoms with Crippen molar-refractivity contribution in [1.29, 1.82) is 0 Å². The molecule has 0 aliphatic heterocycles. The number of nitrogens with zero attached hydrogens (tertiary/aromatic N) is 1. The Morgan fingerprint density at radius 2 is 2.00 bits per heavy atom. The van der Waals surface area contributed by atoms with Crippen LogP contribution in [0.2, 0.25) is 0 Å². The van der Waals surface area contributed by atoms with Crippen molar-refractivity contribution in [2.75, 3.05) is 6.61 Å². The first-order valence-corrected chi connectivity index (χ1v) is 8.37. The molecular formula is C19H27BNO3. The molecule has 4 nitrogen and oxygen atoms in total. The van der Waals surface area contributed by atoms with E-state index in [0.717, 1.165) is 24.0 Å². The molecule has 0 bridgehead atoms. The van der Waals surface area contributed by atoms with Gasteiger partial charge in [-0.05, 0) is 64.6 Å². The lowest BCUT2D eigenvalue weighted by atomic mass is 9.82. The summed E-state index contributed by atoms with van der Waals surface area (Å²) in [6, 6.07) is 3.77. The maximum absolute atomic E-state index is 10.1. The van der Waals surface area contributed by atoms with Crippen molar-refractivity contribution in [2.24, 2.45) is 0 Å². The van der Waals surface area contributed by atoms with E-state index in [1.54, 1.807) is 21.3 Å². The normalized spacial score (nSPS) is 15.2. The first-order valence-electron chi connectivity index (χ1n) is 8.37. The summed E-state index contributed by atoms with van der Waals surface area (Å²) < 4.78 is 11.6. The molecule has 1 aromatic rings. The lowest BCUT2D eigenvalue weighted by Crippen LogP contribution is -2.49. The third-order valence-corrected chi connectivity index (χ3v) is 4.56. The molecule has 0 amide bonds. The van der Waals surface area contributed by atoms with Gasteiger partial charge in [0.2, 0.25) is 5.88 Å². The number of aromatic nitrogens is 1. The van der Waals surface area contributed by atoms with E-state index >= 15 is 0 Å². The smallest absolute Gasteiger partial charge is 0.332 e. The number of rotatable bonds is 7. The van der Waals surface area contributed by atoms with Gasteiger partial charge in [0.1, 0.15) is 6.61 Å². The second-order valence-corrected chi connectivity index (χ2v) is 7.21. The zero-order valence-electron chi connectivity index (χ0n) is 15.3. The van der Waals surface area contributed by atoms with E-state index in [2.05, 4.69) is 23.2 Å². The maximum Gasteiger partial charge on any atom is 0.332 e. The van der Waals surface area contributed by atoms with Gasteiger partial charge in [0.25, 0.3) is 0 Å². The number of hydrogen-bond acceptors (Lipinski definition) is 4. The highest BCUT2D eigenvalue weighted by molar-refractivity contribution is 6.47. The van der Waals surface area contributed by atoms with E-state index < -0.39 is 11.2 Å². The Morgan fingerprint density at radius 1 is 1.25 bits per heavy atom. The topological polar surface area (TPSA) is 51.6 Å². The molecule has 1 aromatic heterocycles. The zero-order valence-corrected chi connectivity index (χ0v) is 15.3. The first-order chi connectivity index (χ1) is 11.2. The van der Waals surface area contributed by atoms with Crippen molar-refractivity contribution in [3.63, 3.8) is 0 Å². The average Bonchev–Trinajstić information content (AvgIpc) is 2.52.